The minimum atomic E-state index is -0.137. The molecular weight excluding hydrogens is 549 g/mol. The molecule has 200 valence electrons. The maximum Gasteiger partial charge on any atom is 0.255 e. The van der Waals surface area contributed by atoms with Gasteiger partial charge in [0.15, 0.2) is 5.16 Å². The van der Waals surface area contributed by atoms with E-state index in [9.17, 15) is 4.79 Å². The average molecular weight is 579 g/mol. The maximum absolute atomic E-state index is 12.9. The lowest BCUT2D eigenvalue weighted by Crippen LogP contribution is -2.47. The van der Waals surface area contributed by atoms with Gasteiger partial charge in [-0.05, 0) is 66.9 Å². The molecule has 1 aromatic heterocycles. The largest absolute Gasteiger partial charge is 0.367 e. The molecule has 1 saturated heterocycles. The first-order valence-corrected chi connectivity index (χ1v) is 14.5. The van der Waals surface area contributed by atoms with Crippen molar-refractivity contribution in [2.24, 2.45) is 0 Å². The summed E-state index contributed by atoms with van der Waals surface area (Å²) in [5.74, 6) is 1.30. The molecule has 0 radical (unpaired) electrons. The Morgan fingerprint density at radius 3 is 2.41 bits per heavy atom. The van der Waals surface area contributed by atoms with Crippen LogP contribution in [-0.4, -0.2) is 42.1 Å². The number of carbonyl (C=O) groups is 1. The number of nitrogens with zero attached hydrogens (tertiary/aromatic N) is 4. The Kier molecular flexibility index (Phi) is 8.60. The Bertz CT molecular complexity index is 1490. The monoisotopic (exact) mass is 577 g/mol. The zero-order chi connectivity index (χ0) is 27.4. The summed E-state index contributed by atoms with van der Waals surface area (Å²) in [5, 5.41) is 4.78. The predicted molar refractivity (Wildman–Crippen MR) is 163 cm³/mol. The van der Waals surface area contributed by atoms with E-state index in [4.69, 9.17) is 28.2 Å². The van der Waals surface area contributed by atoms with Crippen LogP contribution in [0, 0.1) is 13.8 Å². The Labute approximate surface area is 243 Å². The third kappa shape index (κ3) is 6.85. The number of hydrogen-bond donors (Lipinski definition) is 1. The van der Waals surface area contributed by atoms with Crippen molar-refractivity contribution >= 4 is 58.1 Å². The van der Waals surface area contributed by atoms with Crippen LogP contribution >= 0.6 is 35.0 Å². The Balaban J connectivity index is 1.21. The van der Waals surface area contributed by atoms with Crippen LogP contribution in [0.4, 0.5) is 17.2 Å². The lowest BCUT2D eigenvalue weighted by Gasteiger charge is -2.37. The number of para-hydroxylation sites is 1. The molecule has 2 heterocycles. The molecule has 4 aromatic rings. The highest BCUT2D eigenvalue weighted by Gasteiger charge is 2.21. The molecule has 0 spiro atoms. The summed E-state index contributed by atoms with van der Waals surface area (Å²) in [7, 11) is 0. The Morgan fingerprint density at radius 2 is 1.64 bits per heavy atom. The van der Waals surface area contributed by atoms with Crippen molar-refractivity contribution in [1.82, 2.24) is 9.97 Å². The van der Waals surface area contributed by atoms with E-state index in [-0.39, 0.29) is 5.91 Å². The van der Waals surface area contributed by atoms with Gasteiger partial charge >= 0.3 is 0 Å². The number of rotatable bonds is 7. The quantitative estimate of drug-likeness (QED) is 0.141. The lowest BCUT2D eigenvalue weighted by atomic mass is 10.1. The van der Waals surface area contributed by atoms with Gasteiger partial charge in [0.2, 0.25) is 0 Å². The van der Waals surface area contributed by atoms with Crippen LogP contribution in [0.2, 0.25) is 10.2 Å². The van der Waals surface area contributed by atoms with Crippen LogP contribution in [0.1, 0.15) is 27.0 Å². The fourth-order valence-electron chi connectivity index (χ4n) is 4.47. The second-order valence-electron chi connectivity index (χ2n) is 9.50. The first-order valence-electron chi connectivity index (χ1n) is 12.7. The molecule has 5 rings (SSSR count). The van der Waals surface area contributed by atoms with Gasteiger partial charge in [0.1, 0.15) is 11.0 Å². The van der Waals surface area contributed by atoms with E-state index in [0.717, 1.165) is 59.5 Å². The number of nitrogens with one attached hydrogen (secondary N) is 1. The number of benzene rings is 3. The molecule has 1 fully saturated rings. The van der Waals surface area contributed by atoms with Gasteiger partial charge in [-0.1, -0.05) is 65.3 Å². The van der Waals surface area contributed by atoms with Crippen molar-refractivity contribution in [2.45, 2.75) is 24.8 Å². The predicted octanol–water partition coefficient (Wildman–Crippen LogP) is 7.27. The standard InChI is InChI=1S/C30H29Cl2N5OS/c1-20-10-11-24(16-21(20)2)33-29(38)23-7-5-6-22(17-23)19-39-30-34-27(32)18-28(35-30)37-14-12-36(13-15-37)26-9-4-3-8-25(26)31/h3-11,16-18H,12-15,19H2,1-2H3,(H,33,38). The van der Waals surface area contributed by atoms with Gasteiger partial charge in [0, 0.05) is 49.2 Å². The molecule has 0 bridgehead atoms. The molecule has 0 saturated carbocycles. The number of hydrogen-bond acceptors (Lipinski definition) is 6. The van der Waals surface area contributed by atoms with Crippen molar-refractivity contribution in [2.75, 3.05) is 41.3 Å². The van der Waals surface area contributed by atoms with Gasteiger partial charge in [-0.15, -0.1) is 0 Å². The Morgan fingerprint density at radius 1 is 0.872 bits per heavy atom. The minimum Gasteiger partial charge on any atom is -0.367 e. The number of anilines is 3. The number of amides is 1. The van der Waals surface area contributed by atoms with Crippen LogP contribution in [0.5, 0.6) is 0 Å². The van der Waals surface area contributed by atoms with Gasteiger partial charge in [-0.2, -0.15) is 0 Å². The average Bonchev–Trinajstić information content (AvgIpc) is 2.94. The van der Waals surface area contributed by atoms with E-state index in [2.05, 4.69) is 33.1 Å². The fraction of sp³-hybridized carbons (Fsp3) is 0.233. The van der Waals surface area contributed by atoms with Gasteiger partial charge in [-0.25, -0.2) is 9.97 Å². The molecule has 1 aliphatic heterocycles. The summed E-state index contributed by atoms with van der Waals surface area (Å²) in [6, 6.07) is 23.3. The topological polar surface area (TPSA) is 61.4 Å². The second kappa shape index (κ2) is 12.3. The number of thioether (sulfide) groups is 1. The molecule has 9 heteroatoms. The third-order valence-electron chi connectivity index (χ3n) is 6.78. The lowest BCUT2D eigenvalue weighted by molar-refractivity contribution is 0.102. The molecule has 0 atom stereocenters. The second-order valence-corrected chi connectivity index (χ2v) is 11.2. The van der Waals surface area contributed by atoms with Gasteiger partial charge in [0.05, 0.1) is 10.7 Å². The smallest absolute Gasteiger partial charge is 0.255 e. The van der Waals surface area contributed by atoms with Crippen molar-refractivity contribution in [3.05, 3.63) is 105 Å². The highest BCUT2D eigenvalue weighted by atomic mass is 35.5. The first kappa shape index (κ1) is 27.3. The van der Waals surface area contributed by atoms with E-state index in [0.29, 0.717) is 21.6 Å². The summed E-state index contributed by atoms with van der Waals surface area (Å²) in [6.07, 6.45) is 0. The fourth-order valence-corrected chi connectivity index (χ4v) is 5.75. The molecule has 1 amide bonds. The molecule has 0 unspecified atom stereocenters. The van der Waals surface area contributed by atoms with Crippen LogP contribution in [0.15, 0.2) is 78.0 Å². The summed E-state index contributed by atoms with van der Waals surface area (Å²) >= 11 is 14.3. The minimum absolute atomic E-state index is 0.137. The van der Waals surface area contributed by atoms with Crippen molar-refractivity contribution in [3.63, 3.8) is 0 Å². The summed E-state index contributed by atoms with van der Waals surface area (Å²) in [6.45, 7) is 7.38. The van der Waals surface area contributed by atoms with Crippen molar-refractivity contribution in [1.29, 1.82) is 0 Å². The molecule has 1 N–H and O–H groups in total. The van der Waals surface area contributed by atoms with E-state index in [1.807, 2.05) is 73.7 Å². The third-order valence-corrected chi connectivity index (χ3v) is 8.21. The SMILES string of the molecule is Cc1ccc(NC(=O)c2cccc(CSc3nc(Cl)cc(N4CCN(c5ccccc5Cl)CC4)n3)c2)cc1C. The molecule has 6 nitrogen and oxygen atoms in total. The number of aromatic nitrogens is 2. The highest BCUT2D eigenvalue weighted by molar-refractivity contribution is 7.98. The maximum atomic E-state index is 12.9. The van der Waals surface area contributed by atoms with E-state index >= 15 is 0 Å². The molecule has 39 heavy (non-hydrogen) atoms. The highest BCUT2D eigenvalue weighted by Crippen LogP contribution is 2.29. The van der Waals surface area contributed by atoms with E-state index < -0.39 is 0 Å². The van der Waals surface area contributed by atoms with Crippen molar-refractivity contribution < 1.29 is 4.79 Å². The number of carbonyl (C=O) groups excluding carboxylic acids is 1. The molecule has 3 aromatic carbocycles. The normalized spacial score (nSPS) is 13.4. The molecule has 0 aliphatic carbocycles. The van der Waals surface area contributed by atoms with E-state index in [1.165, 1.54) is 17.3 Å². The summed E-state index contributed by atoms with van der Waals surface area (Å²) in [5.41, 5.74) is 5.79. The van der Waals surface area contributed by atoms with Gasteiger partial charge in [0.25, 0.3) is 5.91 Å². The Hall–Kier alpha value is -3.26. The molecule has 1 aliphatic rings. The van der Waals surface area contributed by atoms with Gasteiger partial charge < -0.3 is 15.1 Å². The zero-order valence-corrected chi connectivity index (χ0v) is 24.2. The van der Waals surface area contributed by atoms with Crippen LogP contribution < -0.4 is 15.1 Å². The van der Waals surface area contributed by atoms with Crippen LogP contribution in [0.25, 0.3) is 0 Å². The zero-order valence-electron chi connectivity index (χ0n) is 21.8. The first-order chi connectivity index (χ1) is 18.9. The number of piperazine rings is 1. The molecular formula is C30H29Cl2N5OS. The van der Waals surface area contributed by atoms with Crippen LogP contribution in [-0.2, 0) is 5.75 Å². The van der Waals surface area contributed by atoms with Crippen molar-refractivity contribution in [3.8, 4) is 0 Å². The summed E-state index contributed by atoms with van der Waals surface area (Å²) < 4.78 is 0. The summed E-state index contributed by atoms with van der Waals surface area (Å²) in [4.78, 5) is 26.6. The van der Waals surface area contributed by atoms with E-state index in [1.54, 1.807) is 0 Å². The van der Waals surface area contributed by atoms with Crippen LogP contribution in [0.3, 0.4) is 0 Å². The number of halogens is 2. The van der Waals surface area contributed by atoms with Gasteiger partial charge in [-0.3, -0.25) is 4.79 Å². The number of aryl methyl sites for hydroxylation is 2.